The summed E-state index contributed by atoms with van der Waals surface area (Å²) in [5.41, 5.74) is 0.203. The second-order valence-corrected chi connectivity index (χ2v) is 7.89. The van der Waals surface area contributed by atoms with Gasteiger partial charge in [-0.3, -0.25) is 4.72 Å². The van der Waals surface area contributed by atoms with Gasteiger partial charge in [0.1, 0.15) is 17.3 Å². The molecule has 7 nitrogen and oxygen atoms in total. The second-order valence-electron chi connectivity index (χ2n) is 6.24. The van der Waals surface area contributed by atoms with Crippen LogP contribution in [0.4, 0.5) is 14.5 Å². The molecule has 0 radical (unpaired) electrons. The fraction of sp³-hybridized carbons (Fsp3) is 0.471. The van der Waals surface area contributed by atoms with Crippen LogP contribution < -0.4 is 9.46 Å². The van der Waals surface area contributed by atoms with Gasteiger partial charge < -0.3 is 9.47 Å². The van der Waals surface area contributed by atoms with Crippen LogP contribution in [0.15, 0.2) is 35.4 Å². The van der Waals surface area contributed by atoms with Crippen LogP contribution in [0.25, 0.3) is 0 Å². The number of halogens is 2. The van der Waals surface area contributed by atoms with Crippen molar-refractivity contribution in [1.29, 1.82) is 0 Å². The Morgan fingerprint density at radius 2 is 2.15 bits per heavy atom. The SMILES string of the molecule is Cc1nn(C(F)F)cc1S(=O)(=O)Nc1ccccc1OC[C@@H]1CCCCO1. The monoisotopic (exact) mass is 401 g/mol. The molecule has 0 saturated carbocycles. The van der Waals surface area contributed by atoms with Crippen LogP contribution >= 0.6 is 0 Å². The number of aryl methyl sites for hydroxylation is 1. The summed E-state index contributed by atoms with van der Waals surface area (Å²) in [7, 11) is -4.10. The number of hydrogen-bond donors (Lipinski definition) is 1. The Morgan fingerprint density at radius 1 is 1.37 bits per heavy atom. The highest BCUT2D eigenvalue weighted by molar-refractivity contribution is 7.92. The second kappa shape index (κ2) is 8.22. The van der Waals surface area contributed by atoms with Crippen LogP contribution in [0.3, 0.4) is 0 Å². The van der Waals surface area contributed by atoms with Gasteiger partial charge in [0.25, 0.3) is 10.0 Å². The van der Waals surface area contributed by atoms with Crippen molar-refractivity contribution in [2.24, 2.45) is 0 Å². The number of rotatable bonds is 7. The summed E-state index contributed by atoms with van der Waals surface area (Å²) < 4.78 is 64.8. The largest absolute Gasteiger partial charge is 0.489 e. The van der Waals surface area contributed by atoms with Crippen molar-refractivity contribution in [3.63, 3.8) is 0 Å². The molecule has 0 bridgehead atoms. The number of benzene rings is 1. The van der Waals surface area contributed by atoms with Gasteiger partial charge in [0.15, 0.2) is 0 Å². The quantitative estimate of drug-likeness (QED) is 0.770. The van der Waals surface area contributed by atoms with E-state index in [0.29, 0.717) is 23.6 Å². The third kappa shape index (κ3) is 4.75. The van der Waals surface area contributed by atoms with Gasteiger partial charge in [-0.25, -0.2) is 13.1 Å². The van der Waals surface area contributed by atoms with Crippen LogP contribution in [-0.2, 0) is 14.8 Å². The lowest BCUT2D eigenvalue weighted by Gasteiger charge is -2.23. The molecule has 10 heteroatoms. The lowest BCUT2D eigenvalue weighted by Crippen LogP contribution is -2.26. The van der Waals surface area contributed by atoms with Gasteiger partial charge in [-0.2, -0.15) is 13.9 Å². The van der Waals surface area contributed by atoms with Gasteiger partial charge >= 0.3 is 6.55 Å². The first-order chi connectivity index (χ1) is 12.9. The van der Waals surface area contributed by atoms with Crippen molar-refractivity contribution < 1.29 is 26.7 Å². The highest BCUT2D eigenvalue weighted by Crippen LogP contribution is 2.28. The number of para-hydroxylation sites is 2. The van der Waals surface area contributed by atoms with Gasteiger partial charge in [-0.05, 0) is 38.3 Å². The van der Waals surface area contributed by atoms with Crippen LogP contribution in [0.1, 0.15) is 31.5 Å². The molecule has 148 valence electrons. The Morgan fingerprint density at radius 3 is 2.81 bits per heavy atom. The number of hydrogen-bond acceptors (Lipinski definition) is 5. The molecule has 0 spiro atoms. The van der Waals surface area contributed by atoms with Crippen LogP contribution in [0, 0.1) is 6.92 Å². The lowest BCUT2D eigenvalue weighted by atomic mass is 10.1. The molecule has 1 aliphatic heterocycles. The van der Waals surface area contributed by atoms with Crippen LogP contribution in [0.5, 0.6) is 5.75 Å². The smallest absolute Gasteiger partial charge is 0.333 e. The Hall–Kier alpha value is -2.20. The lowest BCUT2D eigenvalue weighted by molar-refractivity contribution is -0.0109. The molecule has 1 aliphatic rings. The average Bonchev–Trinajstić information content (AvgIpc) is 3.05. The summed E-state index contributed by atoms with van der Waals surface area (Å²) in [6.45, 7) is -0.564. The van der Waals surface area contributed by atoms with Crippen LogP contribution in [-0.4, -0.2) is 37.5 Å². The first kappa shape index (κ1) is 19.6. The molecular weight excluding hydrogens is 380 g/mol. The molecule has 1 fully saturated rings. The molecule has 2 heterocycles. The third-order valence-corrected chi connectivity index (χ3v) is 5.66. The van der Waals surface area contributed by atoms with Crippen molar-refractivity contribution in [2.45, 2.75) is 43.7 Å². The first-order valence-corrected chi connectivity index (χ1v) is 10.1. The van der Waals surface area contributed by atoms with E-state index >= 15 is 0 Å². The summed E-state index contributed by atoms with van der Waals surface area (Å²) >= 11 is 0. The predicted molar refractivity (Wildman–Crippen MR) is 94.6 cm³/mol. The number of alkyl halides is 2. The number of ether oxygens (including phenoxy) is 2. The normalized spacial score (nSPS) is 17.9. The maximum Gasteiger partial charge on any atom is 0.333 e. The van der Waals surface area contributed by atoms with E-state index in [9.17, 15) is 17.2 Å². The van der Waals surface area contributed by atoms with E-state index in [-0.39, 0.29) is 22.4 Å². The van der Waals surface area contributed by atoms with E-state index in [1.165, 1.54) is 6.92 Å². The van der Waals surface area contributed by atoms with Crippen molar-refractivity contribution in [1.82, 2.24) is 9.78 Å². The summed E-state index contributed by atoms with van der Waals surface area (Å²) in [4.78, 5) is -0.312. The Labute approximate surface area is 156 Å². The number of anilines is 1. The topological polar surface area (TPSA) is 82.5 Å². The molecule has 1 aromatic carbocycles. The van der Waals surface area contributed by atoms with Crippen molar-refractivity contribution in [2.75, 3.05) is 17.9 Å². The zero-order valence-corrected chi connectivity index (χ0v) is 15.6. The standard InChI is InChI=1S/C17H21F2N3O4S/c1-12-16(10-22(20-12)17(18)19)27(23,24)21-14-7-2-3-8-15(14)26-11-13-6-4-5-9-25-13/h2-3,7-8,10,13,17,21H,4-6,9,11H2,1H3/t13-/m0/s1. The minimum atomic E-state index is -4.10. The van der Waals surface area contributed by atoms with Crippen molar-refractivity contribution >= 4 is 15.7 Å². The fourth-order valence-corrected chi connectivity index (χ4v) is 4.07. The summed E-state index contributed by atoms with van der Waals surface area (Å²) in [6.07, 6.45) is 3.76. The molecule has 0 unspecified atom stereocenters. The predicted octanol–water partition coefficient (Wildman–Crippen LogP) is 3.34. The minimum Gasteiger partial charge on any atom is -0.489 e. The number of aromatic nitrogens is 2. The fourth-order valence-electron chi connectivity index (χ4n) is 2.83. The average molecular weight is 401 g/mol. The van der Waals surface area contributed by atoms with Crippen molar-refractivity contribution in [3.8, 4) is 5.75 Å². The Balaban J connectivity index is 1.76. The van der Waals surface area contributed by atoms with Gasteiger partial charge in [-0.1, -0.05) is 12.1 Å². The number of sulfonamides is 1. The first-order valence-electron chi connectivity index (χ1n) is 8.57. The summed E-state index contributed by atoms with van der Waals surface area (Å²) in [5, 5.41) is 3.54. The van der Waals surface area contributed by atoms with Crippen molar-refractivity contribution in [3.05, 3.63) is 36.2 Å². The molecule has 27 heavy (non-hydrogen) atoms. The molecule has 0 aliphatic carbocycles. The number of nitrogens with one attached hydrogen (secondary N) is 1. The highest BCUT2D eigenvalue weighted by atomic mass is 32.2. The van der Waals surface area contributed by atoms with E-state index in [1.807, 2.05) is 0 Å². The molecule has 1 saturated heterocycles. The van der Waals surface area contributed by atoms with Crippen LogP contribution in [0.2, 0.25) is 0 Å². The third-order valence-electron chi connectivity index (χ3n) is 4.19. The molecule has 0 amide bonds. The Bertz CT molecular complexity index is 880. The molecule has 1 N–H and O–H groups in total. The maximum atomic E-state index is 12.8. The zero-order valence-electron chi connectivity index (χ0n) is 14.8. The maximum absolute atomic E-state index is 12.8. The van der Waals surface area contributed by atoms with E-state index in [2.05, 4.69) is 9.82 Å². The van der Waals surface area contributed by atoms with E-state index in [0.717, 1.165) is 25.5 Å². The highest BCUT2D eigenvalue weighted by Gasteiger charge is 2.24. The molecule has 2 aromatic rings. The van der Waals surface area contributed by atoms with Gasteiger partial charge in [-0.15, -0.1) is 0 Å². The molecular formula is C17H21F2N3O4S. The number of nitrogens with zero attached hydrogens (tertiary/aromatic N) is 2. The zero-order chi connectivity index (χ0) is 19.4. The molecule has 1 aromatic heterocycles. The van der Waals surface area contributed by atoms with Gasteiger partial charge in [0.05, 0.1) is 23.7 Å². The molecule has 1 atom stereocenters. The minimum absolute atomic E-state index is 0.0168. The van der Waals surface area contributed by atoms with E-state index < -0.39 is 16.6 Å². The summed E-state index contributed by atoms with van der Waals surface area (Å²) in [5.74, 6) is 0.342. The van der Waals surface area contributed by atoms with Gasteiger partial charge in [0.2, 0.25) is 0 Å². The van der Waals surface area contributed by atoms with E-state index in [4.69, 9.17) is 9.47 Å². The molecule has 3 rings (SSSR count). The summed E-state index contributed by atoms with van der Waals surface area (Å²) in [6, 6.07) is 6.55. The Kier molecular flexibility index (Phi) is 5.95. The van der Waals surface area contributed by atoms with E-state index in [1.54, 1.807) is 24.3 Å². The van der Waals surface area contributed by atoms with Gasteiger partial charge in [0, 0.05) is 6.61 Å².